The molecule has 102 valence electrons. The molecule has 0 saturated carbocycles. The maximum Gasteiger partial charge on any atom is 0.184 e. The Bertz CT molecular complexity index is 885. The molecule has 1 heterocycles. The van der Waals surface area contributed by atoms with Gasteiger partial charge < -0.3 is 4.98 Å². The maximum atomic E-state index is 14.0. The molecule has 0 fully saturated rings. The number of benzene rings is 2. The minimum atomic E-state index is -1.04. The van der Waals surface area contributed by atoms with Crippen LogP contribution in [-0.2, 0) is 0 Å². The van der Waals surface area contributed by atoms with Gasteiger partial charge in [0.2, 0.25) is 0 Å². The molecule has 7 heteroatoms. The van der Waals surface area contributed by atoms with Crippen LogP contribution in [0.5, 0.6) is 0 Å². The van der Waals surface area contributed by atoms with Crippen molar-refractivity contribution in [1.82, 2.24) is 9.55 Å². The number of fused-ring (bicyclic) bond motifs is 1. The number of nitrogens with zero attached hydrogens (tertiary/aromatic N) is 1. The Kier molecular flexibility index (Phi) is 3.18. The summed E-state index contributed by atoms with van der Waals surface area (Å²) in [4.78, 5) is 2.77. The summed E-state index contributed by atoms with van der Waals surface area (Å²) in [5.74, 6) is -2.53. The summed E-state index contributed by atoms with van der Waals surface area (Å²) in [6.07, 6.45) is 0. The summed E-state index contributed by atoms with van der Waals surface area (Å²) in [5.41, 5.74) is 0.581. The van der Waals surface area contributed by atoms with Crippen LogP contribution in [-0.4, -0.2) is 9.55 Å². The Morgan fingerprint density at radius 3 is 2.60 bits per heavy atom. The van der Waals surface area contributed by atoms with Gasteiger partial charge in [0, 0.05) is 4.47 Å². The van der Waals surface area contributed by atoms with Gasteiger partial charge in [-0.1, -0.05) is 0 Å². The van der Waals surface area contributed by atoms with E-state index in [4.69, 9.17) is 12.2 Å². The lowest BCUT2D eigenvalue weighted by Gasteiger charge is -2.08. The third kappa shape index (κ3) is 1.97. The fourth-order valence-electron chi connectivity index (χ4n) is 2.02. The number of nitrogens with one attached hydrogen (secondary N) is 1. The molecule has 0 spiro atoms. The van der Waals surface area contributed by atoms with Crippen molar-refractivity contribution in [3.63, 3.8) is 0 Å². The third-order valence-electron chi connectivity index (χ3n) is 2.89. The summed E-state index contributed by atoms with van der Waals surface area (Å²) >= 11 is 8.37. The van der Waals surface area contributed by atoms with E-state index >= 15 is 0 Å². The van der Waals surface area contributed by atoms with Gasteiger partial charge in [0.25, 0.3) is 0 Å². The molecule has 2 aromatic carbocycles. The molecule has 0 aliphatic carbocycles. The Labute approximate surface area is 125 Å². The number of H-pyrrole nitrogens is 1. The first-order chi connectivity index (χ1) is 9.49. The van der Waals surface area contributed by atoms with Crippen LogP contribution >= 0.6 is 28.1 Å². The molecule has 0 aliphatic rings. The number of aromatic nitrogens is 2. The Hall–Kier alpha value is -1.60. The number of imidazole rings is 1. The van der Waals surface area contributed by atoms with Crippen LogP contribution in [0.25, 0.3) is 16.7 Å². The predicted molar refractivity (Wildman–Crippen MR) is 76.0 cm³/mol. The standard InChI is InChI=1S/C13H6BrF3N2S/c14-7-2-1-6(15)5-10(7)19-12-9(18-13(19)20)4-3-8(16)11(12)17/h1-5H,(H,18,20). The first-order valence-electron chi connectivity index (χ1n) is 5.53. The normalized spacial score (nSPS) is 11.2. The van der Waals surface area contributed by atoms with Crippen LogP contribution < -0.4 is 0 Å². The van der Waals surface area contributed by atoms with Crippen molar-refractivity contribution < 1.29 is 13.2 Å². The van der Waals surface area contributed by atoms with Gasteiger partial charge in [-0.3, -0.25) is 4.57 Å². The lowest BCUT2D eigenvalue weighted by molar-refractivity contribution is 0.514. The van der Waals surface area contributed by atoms with Crippen LogP contribution in [0.3, 0.4) is 0 Å². The molecule has 0 atom stereocenters. The molecule has 1 N–H and O–H groups in total. The van der Waals surface area contributed by atoms with Crippen LogP contribution in [0.4, 0.5) is 13.2 Å². The molecular weight excluding hydrogens is 353 g/mol. The van der Waals surface area contributed by atoms with E-state index in [0.717, 1.165) is 6.07 Å². The summed E-state index contributed by atoms with van der Waals surface area (Å²) < 4.78 is 42.8. The number of hydrogen-bond acceptors (Lipinski definition) is 1. The molecular formula is C13H6BrF3N2S. The highest BCUT2D eigenvalue weighted by molar-refractivity contribution is 9.10. The summed E-state index contributed by atoms with van der Waals surface area (Å²) in [6.45, 7) is 0. The van der Waals surface area contributed by atoms with Crippen LogP contribution in [0.15, 0.2) is 34.8 Å². The van der Waals surface area contributed by atoms with Gasteiger partial charge >= 0.3 is 0 Å². The molecule has 0 bridgehead atoms. The van der Waals surface area contributed by atoms with Crippen molar-refractivity contribution in [2.24, 2.45) is 0 Å². The SMILES string of the molecule is Fc1ccc(Br)c(-n2c(=S)[nH]c3ccc(F)c(F)c32)c1. The lowest BCUT2D eigenvalue weighted by Crippen LogP contribution is -1.99. The average molecular weight is 359 g/mol. The maximum absolute atomic E-state index is 14.0. The van der Waals surface area contributed by atoms with Gasteiger partial charge in [-0.2, -0.15) is 0 Å². The Morgan fingerprint density at radius 1 is 1.10 bits per heavy atom. The zero-order chi connectivity index (χ0) is 14.4. The minimum Gasteiger partial charge on any atom is -0.330 e. The molecule has 20 heavy (non-hydrogen) atoms. The summed E-state index contributed by atoms with van der Waals surface area (Å²) in [7, 11) is 0. The van der Waals surface area contributed by atoms with E-state index in [2.05, 4.69) is 20.9 Å². The van der Waals surface area contributed by atoms with E-state index in [1.807, 2.05) is 0 Å². The van der Waals surface area contributed by atoms with Gasteiger partial charge in [-0.15, -0.1) is 0 Å². The highest BCUT2D eigenvalue weighted by Crippen LogP contribution is 2.28. The van der Waals surface area contributed by atoms with E-state index in [1.54, 1.807) is 0 Å². The molecule has 1 aromatic heterocycles. The second kappa shape index (κ2) is 4.75. The van der Waals surface area contributed by atoms with E-state index < -0.39 is 17.5 Å². The highest BCUT2D eigenvalue weighted by Gasteiger charge is 2.16. The number of rotatable bonds is 1. The molecule has 0 unspecified atom stereocenters. The van der Waals surface area contributed by atoms with Gasteiger partial charge in [0.15, 0.2) is 16.4 Å². The van der Waals surface area contributed by atoms with Crippen molar-refractivity contribution in [1.29, 1.82) is 0 Å². The molecule has 2 nitrogen and oxygen atoms in total. The largest absolute Gasteiger partial charge is 0.330 e. The zero-order valence-corrected chi connectivity index (χ0v) is 12.2. The molecule has 0 radical (unpaired) electrons. The van der Waals surface area contributed by atoms with E-state index in [0.29, 0.717) is 15.7 Å². The molecule has 0 amide bonds. The van der Waals surface area contributed by atoms with Crippen molar-refractivity contribution >= 4 is 39.2 Å². The number of hydrogen-bond donors (Lipinski definition) is 1. The molecule has 0 aliphatic heterocycles. The van der Waals surface area contributed by atoms with E-state index in [9.17, 15) is 13.2 Å². The zero-order valence-electron chi connectivity index (χ0n) is 9.75. The van der Waals surface area contributed by atoms with Crippen molar-refractivity contribution in [2.45, 2.75) is 0 Å². The van der Waals surface area contributed by atoms with Crippen molar-refractivity contribution in [2.75, 3.05) is 0 Å². The fourth-order valence-corrected chi connectivity index (χ4v) is 2.74. The van der Waals surface area contributed by atoms with Crippen LogP contribution in [0, 0.1) is 22.2 Å². The average Bonchev–Trinajstić information content (AvgIpc) is 2.74. The van der Waals surface area contributed by atoms with Gasteiger partial charge in [0.05, 0.1) is 11.2 Å². The van der Waals surface area contributed by atoms with Crippen molar-refractivity contribution in [3.05, 3.63) is 57.0 Å². The fraction of sp³-hybridized carbons (Fsp3) is 0. The van der Waals surface area contributed by atoms with Crippen LogP contribution in [0.1, 0.15) is 0 Å². The minimum absolute atomic E-state index is 0.0544. The van der Waals surface area contributed by atoms with E-state index in [1.165, 1.54) is 28.8 Å². The first kappa shape index (κ1) is 13.4. The summed E-state index contributed by atoms with van der Waals surface area (Å²) in [5, 5.41) is 0. The monoisotopic (exact) mass is 358 g/mol. The highest BCUT2D eigenvalue weighted by atomic mass is 79.9. The third-order valence-corrected chi connectivity index (χ3v) is 3.84. The number of aromatic amines is 1. The second-order valence-electron chi connectivity index (χ2n) is 4.12. The smallest absolute Gasteiger partial charge is 0.184 e. The second-order valence-corrected chi connectivity index (χ2v) is 5.36. The quantitative estimate of drug-likeness (QED) is 0.615. The van der Waals surface area contributed by atoms with Gasteiger partial charge in [-0.05, 0) is 58.5 Å². The summed E-state index contributed by atoms with van der Waals surface area (Å²) in [6, 6.07) is 6.31. The van der Waals surface area contributed by atoms with Crippen molar-refractivity contribution in [3.8, 4) is 5.69 Å². The van der Waals surface area contributed by atoms with Gasteiger partial charge in [0.1, 0.15) is 11.3 Å². The van der Waals surface area contributed by atoms with E-state index in [-0.39, 0.29) is 10.3 Å². The Balaban J connectivity index is 2.48. The predicted octanol–water partition coefficient (Wildman–Crippen LogP) is 4.87. The molecule has 3 rings (SSSR count). The first-order valence-corrected chi connectivity index (χ1v) is 6.73. The van der Waals surface area contributed by atoms with Crippen LogP contribution in [0.2, 0.25) is 0 Å². The van der Waals surface area contributed by atoms with Gasteiger partial charge in [-0.25, -0.2) is 13.2 Å². The lowest BCUT2D eigenvalue weighted by atomic mass is 10.2. The molecule has 0 saturated heterocycles. The topological polar surface area (TPSA) is 20.7 Å². The molecule has 3 aromatic rings. The Morgan fingerprint density at radius 2 is 1.85 bits per heavy atom. The number of halogens is 4.